The fourth-order valence-electron chi connectivity index (χ4n) is 2.50. The number of benzene rings is 1. The average molecular weight is 271 g/mol. The molecule has 1 atom stereocenters. The van der Waals surface area contributed by atoms with E-state index in [0.29, 0.717) is 0 Å². The lowest BCUT2D eigenvalue weighted by atomic mass is 10.0. The first-order chi connectivity index (χ1) is 9.69. The zero-order chi connectivity index (χ0) is 14.5. The van der Waals surface area contributed by atoms with Crippen LogP contribution >= 0.6 is 0 Å². The van der Waals surface area contributed by atoms with Crippen LogP contribution < -0.4 is 5.32 Å². The second-order valence-corrected chi connectivity index (χ2v) is 5.13. The van der Waals surface area contributed by atoms with E-state index in [0.717, 1.165) is 25.2 Å². The summed E-state index contributed by atoms with van der Waals surface area (Å²) in [5.74, 6) is 0. The van der Waals surface area contributed by atoms with Crippen LogP contribution in [0.25, 0.3) is 0 Å². The molecule has 3 heteroatoms. The van der Waals surface area contributed by atoms with E-state index in [4.69, 9.17) is 0 Å². The smallest absolute Gasteiger partial charge is 0.0748 e. The van der Waals surface area contributed by atoms with E-state index in [1.54, 1.807) is 0 Å². The van der Waals surface area contributed by atoms with Crippen LogP contribution in [-0.2, 0) is 13.0 Å². The van der Waals surface area contributed by atoms with Crippen molar-refractivity contribution in [2.75, 3.05) is 6.54 Å². The van der Waals surface area contributed by atoms with E-state index in [2.05, 4.69) is 73.1 Å². The summed E-state index contributed by atoms with van der Waals surface area (Å²) < 4.78 is 2.12. The lowest BCUT2D eigenvalue weighted by molar-refractivity contribution is 0.540. The van der Waals surface area contributed by atoms with E-state index in [-0.39, 0.29) is 6.04 Å². The molecule has 0 saturated carbocycles. The van der Waals surface area contributed by atoms with Crippen LogP contribution in [-0.4, -0.2) is 16.3 Å². The van der Waals surface area contributed by atoms with Crippen LogP contribution in [0.5, 0.6) is 0 Å². The molecular weight excluding hydrogens is 246 g/mol. The summed E-state index contributed by atoms with van der Waals surface area (Å²) in [5.41, 5.74) is 5.02. The van der Waals surface area contributed by atoms with Crippen molar-refractivity contribution in [2.24, 2.45) is 0 Å². The SMILES string of the molecule is CCNC(c1ccc(C)cc1)c1cc(CC)nn1CC. The van der Waals surface area contributed by atoms with Gasteiger partial charge in [0.1, 0.15) is 0 Å². The summed E-state index contributed by atoms with van der Waals surface area (Å²) >= 11 is 0. The maximum atomic E-state index is 4.67. The van der Waals surface area contributed by atoms with Gasteiger partial charge in [0.15, 0.2) is 0 Å². The van der Waals surface area contributed by atoms with Crippen molar-refractivity contribution >= 4 is 0 Å². The number of aryl methyl sites for hydroxylation is 3. The van der Waals surface area contributed by atoms with Crippen molar-refractivity contribution in [3.8, 4) is 0 Å². The first kappa shape index (κ1) is 14.8. The van der Waals surface area contributed by atoms with Crippen molar-refractivity contribution in [3.63, 3.8) is 0 Å². The molecule has 1 N–H and O–H groups in total. The topological polar surface area (TPSA) is 29.9 Å². The Labute approximate surface area is 122 Å². The van der Waals surface area contributed by atoms with Gasteiger partial charge in [-0.3, -0.25) is 4.68 Å². The molecule has 0 saturated heterocycles. The van der Waals surface area contributed by atoms with Crippen LogP contribution in [0.3, 0.4) is 0 Å². The van der Waals surface area contributed by atoms with Gasteiger partial charge in [-0.15, -0.1) is 0 Å². The summed E-state index contributed by atoms with van der Waals surface area (Å²) in [4.78, 5) is 0. The van der Waals surface area contributed by atoms with Gasteiger partial charge in [-0.2, -0.15) is 5.10 Å². The second-order valence-electron chi connectivity index (χ2n) is 5.13. The molecule has 0 spiro atoms. The standard InChI is InChI=1S/C17H25N3/c1-5-15-12-16(20(7-3)19-15)17(18-6-2)14-10-8-13(4)9-11-14/h8-12,17-18H,5-7H2,1-4H3. The predicted molar refractivity (Wildman–Crippen MR) is 84.0 cm³/mol. The van der Waals surface area contributed by atoms with Crippen LogP contribution in [0, 0.1) is 6.92 Å². The highest BCUT2D eigenvalue weighted by Gasteiger charge is 2.18. The highest BCUT2D eigenvalue weighted by molar-refractivity contribution is 5.31. The third-order valence-electron chi connectivity index (χ3n) is 3.64. The molecule has 0 aliphatic rings. The lowest BCUT2D eigenvalue weighted by Crippen LogP contribution is -2.24. The van der Waals surface area contributed by atoms with Gasteiger partial charge in [-0.25, -0.2) is 0 Å². The van der Waals surface area contributed by atoms with Gasteiger partial charge in [-0.1, -0.05) is 43.7 Å². The van der Waals surface area contributed by atoms with Gasteiger partial charge in [0, 0.05) is 6.54 Å². The Morgan fingerprint density at radius 1 is 1.15 bits per heavy atom. The largest absolute Gasteiger partial charge is 0.305 e. The van der Waals surface area contributed by atoms with Crippen LogP contribution in [0.2, 0.25) is 0 Å². The zero-order valence-electron chi connectivity index (χ0n) is 13.0. The van der Waals surface area contributed by atoms with E-state index in [1.165, 1.54) is 16.8 Å². The van der Waals surface area contributed by atoms with Gasteiger partial charge in [0.2, 0.25) is 0 Å². The van der Waals surface area contributed by atoms with Crippen LogP contribution in [0.15, 0.2) is 30.3 Å². The lowest BCUT2D eigenvalue weighted by Gasteiger charge is -2.19. The number of hydrogen-bond acceptors (Lipinski definition) is 2. The average Bonchev–Trinajstić information content (AvgIpc) is 2.89. The molecule has 0 aliphatic heterocycles. The molecule has 3 nitrogen and oxygen atoms in total. The maximum absolute atomic E-state index is 4.67. The van der Waals surface area contributed by atoms with Crippen molar-refractivity contribution in [2.45, 2.75) is 46.7 Å². The minimum atomic E-state index is 0.216. The molecule has 1 unspecified atom stereocenters. The van der Waals surface area contributed by atoms with Crippen LogP contribution in [0.4, 0.5) is 0 Å². The van der Waals surface area contributed by atoms with E-state index in [9.17, 15) is 0 Å². The Hall–Kier alpha value is -1.61. The Balaban J connectivity index is 2.42. The number of nitrogens with one attached hydrogen (secondary N) is 1. The van der Waals surface area contributed by atoms with Gasteiger partial charge in [-0.05, 0) is 38.4 Å². The molecule has 1 aromatic carbocycles. The molecule has 0 bridgehead atoms. The van der Waals surface area contributed by atoms with Crippen molar-refractivity contribution in [1.29, 1.82) is 0 Å². The fraction of sp³-hybridized carbons (Fsp3) is 0.471. The first-order valence-electron chi connectivity index (χ1n) is 7.56. The Morgan fingerprint density at radius 3 is 2.40 bits per heavy atom. The molecule has 0 radical (unpaired) electrons. The normalized spacial score (nSPS) is 12.6. The number of aromatic nitrogens is 2. The van der Waals surface area contributed by atoms with E-state index in [1.807, 2.05) is 0 Å². The molecule has 0 aliphatic carbocycles. The molecular formula is C17H25N3. The summed E-state index contributed by atoms with van der Waals surface area (Å²) in [6, 6.07) is 11.2. The minimum absolute atomic E-state index is 0.216. The highest BCUT2D eigenvalue weighted by atomic mass is 15.3. The highest BCUT2D eigenvalue weighted by Crippen LogP contribution is 2.23. The Kier molecular flexibility index (Phi) is 4.96. The van der Waals surface area contributed by atoms with Gasteiger partial charge in [0.05, 0.1) is 17.4 Å². The van der Waals surface area contributed by atoms with Gasteiger partial charge in [0.25, 0.3) is 0 Å². The van der Waals surface area contributed by atoms with Crippen LogP contribution in [0.1, 0.15) is 49.3 Å². The molecule has 2 aromatic rings. The maximum Gasteiger partial charge on any atom is 0.0748 e. The monoisotopic (exact) mass is 271 g/mol. The van der Waals surface area contributed by atoms with Gasteiger partial charge >= 0.3 is 0 Å². The Bertz CT molecular complexity index is 540. The number of rotatable bonds is 6. The molecule has 1 aromatic heterocycles. The quantitative estimate of drug-likeness (QED) is 0.872. The summed E-state index contributed by atoms with van der Waals surface area (Å²) in [6.45, 7) is 10.4. The fourth-order valence-corrected chi connectivity index (χ4v) is 2.50. The summed E-state index contributed by atoms with van der Waals surface area (Å²) in [6.07, 6.45) is 0.979. The third kappa shape index (κ3) is 3.10. The number of hydrogen-bond donors (Lipinski definition) is 1. The second kappa shape index (κ2) is 6.71. The Morgan fingerprint density at radius 2 is 1.85 bits per heavy atom. The predicted octanol–water partition coefficient (Wildman–Crippen LogP) is 3.47. The van der Waals surface area contributed by atoms with Gasteiger partial charge < -0.3 is 5.32 Å². The molecule has 0 amide bonds. The zero-order valence-corrected chi connectivity index (χ0v) is 13.0. The van der Waals surface area contributed by atoms with E-state index < -0.39 is 0 Å². The third-order valence-corrected chi connectivity index (χ3v) is 3.64. The molecule has 2 rings (SSSR count). The summed E-state index contributed by atoms with van der Waals surface area (Å²) in [5, 5.41) is 8.26. The van der Waals surface area contributed by atoms with Crippen molar-refractivity contribution < 1.29 is 0 Å². The molecule has 108 valence electrons. The van der Waals surface area contributed by atoms with E-state index >= 15 is 0 Å². The minimum Gasteiger partial charge on any atom is -0.305 e. The first-order valence-corrected chi connectivity index (χ1v) is 7.56. The summed E-state index contributed by atoms with van der Waals surface area (Å²) in [7, 11) is 0. The molecule has 20 heavy (non-hydrogen) atoms. The molecule has 1 heterocycles. The number of nitrogens with zero attached hydrogens (tertiary/aromatic N) is 2. The van der Waals surface area contributed by atoms with Crippen molar-refractivity contribution in [3.05, 3.63) is 52.8 Å². The van der Waals surface area contributed by atoms with Crippen molar-refractivity contribution in [1.82, 2.24) is 15.1 Å². The molecule has 0 fully saturated rings.